The van der Waals surface area contributed by atoms with Crippen molar-refractivity contribution in [1.29, 1.82) is 0 Å². The lowest BCUT2D eigenvalue weighted by atomic mass is 9.99. The first-order chi connectivity index (χ1) is 9.61. The van der Waals surface area contributed by atoms with E-state index < -0.39 is 6.10 Å². The van der Waals surface area contributed by atoms with Gasteiger partial charge < -0.3 is 9.64 Å². The average Bonchev–Trinajstić information content (AvgIpc) is 2.46. The molecular formula is C16H22ClNO2. The van der Waals surface area contributed by atoms with Gasteiger partial charge in [-0.1, -0.05) is 37.6 Å². The van der Waals surface area contributed by atoms with Crippen LogP contribution in [-0.2, 0) is 4.79 Å². The highest BCUT2D eigenvalue weighted by molar-refractivity contribution is 6.32. The second-order valence-corrected chi connectivity index (χ2v) is 5.86. The Labute approximate surface area is 125 Å². The maximum atomic E-state index is 12.5. The summed E-state index contributed by atoms with van der Waals surface area (Å²) in [5, 5.41) is 0.547. The quantitative estimate of drug-likeness (QED) is 0.846. The molecule has 110 valence electrons. The number of ether oxygens (including phenoxy) is 1. The minimum atomic E-state index is -0.441. The van der Waals surface area contributed by atoms with E-state index in [4.69, 9.17) is 16.3 Å². The van der Waals surface area contributed by atoms with Crippen LogP contribution in [0.25, 0.3) is 0 Å². The molecule has 0 unspecified atom stereocenters. The van der Waals surface area contributed by atoms with Gasteiger partial charge in [-0.05, 0) is 37.3 Å². The van der Waals surface area contributed by atoms with Crippen LogP contribution in [0.1, 0.15) is 33.1 Å². The number of rotatable bonds is 4. The molecule has 2 rings (SSSR count). The van der Waals surface area contributed by atoms with Crippen LogP contribution in [-0.4, -0.2) is 30.0 Å². The predicted molar refractivity (Wildman–Crippen MR) is 81.1 cm³/mol. The Kier molecular flexibility index (Phi) is 5.30. The van der Waals surface area contributed by atoms with Crippen molar-refractivity contribution in [3.05, 3.63) is 29.3 Å². The van der Waals surface area contributed by atoms with E-state index in [1.807, 2.05) is 24.0 Å². The van der Waals surface area contributed by atoms with Crippen LogP contribution < -0.4 is 4.74 Å². The molecule has 1 heterocycles. The molecule has 1 aromatic rings. The van der Waals surface area contributed by atoms with Gasteiger partial charge in [-0.25, -0.2) is 0 Å². The summed E-state index contributed by atoms with van der Waals surface area (Å²) in [4.78, 5) is 14.4. The van der Waals surface area contributed by atoms with Crippen LogP contribution in [0.15, 0.2) is 24.3 Å². The monoisotopic (exact) mass is 295 g/mol. The molecule has 0 N–H and O–H groups in total. The van der Waals surface area contributed by atoms with Gasteiger partial charge in [-0.15, -0.1) is 0 Å². The number of likely N-dealkylation sites (tertiary alicyclic amines) is 1. The zero-order valence-corrected chi connectivity index (χ0v) is 12.9. The minimum absolute atomic E-state index is 0.0827. The molecule has 3 nitrogen and oxygen atoms in total. The molecule has 1 saturated heterocycles. The number of carbonyl (C=O) groups is 1. The Hall–Kier alpha value is -1.22. The summed E-state index contributed by atoms with van der Waals surface area (Å²) in [6, 6.07) is 7.29. The van der Waals surface area contributed by atoms with E-state index >= 15 is 0 Å². The summed E-state index contributed by atoms with van der Waals surface area (Å²) in [5.41, 5.74) is 0. The molecular weight excluding hydrogens is 274 g/mol. The third kappa shape index (κ3) is 3.66. The molecule has 1 aromatic carbocycles. The Morgan fingerprint density at radius 3 is 2.65 bits per heavy atom. The molecule has 4 heteroatoms. The molecule has 20 heavy (non-hydrogen) atoms. The summed E-state index contributed by atoms with van der Waals surface area (Å²) >= 11 is 6.08. The lowest BCUT2D eigenvalue weighted by Gasteiger charge is -2.32. The molecule has 0 aliphatic carbocycles. The summed E-state index contributed by atoms with van der Waals surface area (Å²) in [7, 11) is 0. The molecule has 1 aliphatic heterocycles. The van der Waals surface area contributed by atoms with Crippen molar-refractivity contribution in [1.82, 2.24) is 4.90 Å². The maximum Gasteiger partial charge on any atom is 0.263 e. The van der Waals surface area contributed by atoms with Crippen molar-refractivity contribution in [3.8, 4) is 5.75 Å². The van der Waals surface area contributed by atoms with Crippen molar-refractivity contribution in [2.75, 3.05) is 13.1 Å². The summed E-state index contributed by atoms with van der Waals surface area (Å²) in [6.07, 6.45) is 2.36. The highest BCUT2D eigenvalue weighted by atomic mass is 35.5. The molecule has 0 bridgehead atoms. The predicted octanol–water partition coefficient (Wildman–Crippen LogP) is 3.76. The number of hydrogen-bond acceptors (Lipinski definition) is 2. The van der Waals surface area contributed by atoms with Crippen molar-refractivity contribution in [2.24, 2.45) is 5.92 Å². The smallest absolute Gasteiger partial charge is 0.263 e. The minimum Gasteiger partial charge on any atom is -0.479 e. The summed E-state index contributed by atoms with van der Waals surface area (Å²) in [6.45, 7) is 5.87. The second-order valence-electron chi connectivity index (χ2n) is 5.45. The maximum absolute atomic E-state index is 12.5. The number of halogens is 1. The van der Waals surface area contributed by atoms with Crippen LogP contribution >= 0.6 is 11.6 Å². The third-order valence-electron chi connectivity index (χ3n) is 3.85. The molecule has 1 amide bonds. The second kappa shape index (κ2) is 6.98. The van der Waals surface area contributed by atoms with Crippen molar-refractivity contribution >= 4 is 17.5 Å². The molecule has 0 radical (unpaired) electrons. The van der Waals surface area contributed by atoms with Crippen molar-refractivity contribution in [2.45, 2.75) is 39.2 Å². The van der Waals surface area contributed by atoms with E-state index in [1.165, 1.54) is 0 Å². The van der Waals surface area contributed by atoms with E-state index in [0.29, 0.717) is 23.1 Å². The fourth-order valence-corrected chi connectivity index (χ4v) is 2.61. The Balaban J connectivity index is 2.01. The fraction of sp³-hybridized carbons (Fsp3) is 0.562. The number of nitrogens with zero attached hydrogens (tertiary/aromatic N) is 1. The fourth-order valence-electron chi connectivity index (χ4n) is 2.43. The van der Waals surface area contributed by atoms with E-state index in [1.54, 1.807) is 12.1 Å². The summed E-state index contributed by atoms with van der Waals surface area (Å²) < 4.78 is 5.81. The first kappa shape index (κ1) is 15.2. The van der Waals surface area contributed by atoms with Crippen LogP contribution in [0, 0.1) is 5.92 Å². The Morgan fingerprint density at radius 2 is 2.05 bits per heavy atom. The number of para-hydroxylation sites is 1. The first-order valence-corrected chi connectivity index (χ1v) is 7.69. The molecule has 1 atom stereocenters. The normalized spacial score (nSPS) is 17.9. The highest BCUT2D eigenvalue weighted by Gasteiger charge is 2.27. The number of carbonyl (C=O) groups excluding carboxylic acids is 1. The largest absolute Gasteiger partial charge is 0.479 e. The molecule has 0 saturated carbocycles. The van der Waals surface area contributed by atoms with Crippen LogP contribution in [0.5, 0.6) is 5.75 Å². The van der Waals surface area contributed by atoms with E-state index in [2.05, 4.69) is 6.92 Å². The van der Waals surface area contributed by atoms with E-state index in [9.17, 15) is 4.79 Å². The van der Waals surface area contributed by atoms with Crippen molar-refractivity contribution in [3.63, 3.8) is 0 Å². The Bertz CT molecular complexity index is 456. The number of piperidine rings is 1. The van der Waals surface area contributed by atoms with Gasteiger partial charge >= 0.3 is 0 Å². The van der Waals surface area contributed by atoms with Gasteiger partial charge in [-0.3, -0.25) is 4.79 Å². The third-order valence-corrected chi connectivity index (χ3v) is 4.16. The average molecular weight is 296 g/mol. The SMILES string of the molecule is CC[C@@H](Oc1ccccc1Cl)C(=O)N1CCC(C)CC1. The van der Waals surface area contributed by atoms with E-state index in [-0.39, 0.29) is 5.91 Å². The lowest BCUT2D eigenvalue weighted by molar-refractivity contribution is -0.140. The molecule has 0 aromatic heterocycles. The van der Waals surface area contributed by atoms with Gasteiger partial charge in [0.2, 0.25) is 0 Å². The van der Waals surface area contributed by atoms with Crippen molar-refractivity contribution < 1.29 is 9.53 Å². The van der Waals surface area contributed by atoms with Gasteiger partial charge in [0.25, 0.3) is 5.91 Å². The zero-order chi connectivity index (χ0) is 14.5. The number of amides is 1. The number of hydrogen-bond donors (Lipinski definition) is 0. The topological polar surface area (TPSA) is 29.5 Å². The van der Waals surface area contributed by atoms with Gasteiger partial charge in [0, 0.05) is 13.1 Å². The summed E-state index contributed by atoms with van der Waals surface area (Å²) in [5.74, 6) is 1.38. The van der Waals surface area contributed by atoms with Crippen LogP contribution in [0.2, 0.25) is 5.02 Å². The van der Waals surface area contributed by atoms with Gasteiger partial charge in [0.1, 0.15) is 5.75 Å². The van der Waals surface area contributed by atoms with E-state index in [0.717, 1.165) is 25.9 Å². The zero-order valence-electron chi connectivity index (χ0n) is 12.1. The number of benzene rings is 1. The van der Waals surface area contributed by atoms with Crippen LogP contribution in [0.3, 0.4) is 0 Å². The molecule has 1 fully saturated rings. The molecule has 1 aliphatic rings. The lowest BCUT2D eigenvalue weighted by Crippen LogP contribution is -2.45. The Morgan fingerprint density at radius 1 is 1.40 bits per heavy atom. The van der Waals surface area contributed by atoms with Gasteiger partial charge in [0.15, 0.2) is 6.10 Å². The van der Waals surface area contributed by atoms with Crippen LogP contribution in [0.4, 0.5) is 0 Å². The first-order valence-electron chi connectivity index (χ1n) is 7.31. The van der Waals surface area contributed by atoms with Gasteiger partial charge in [0.05, 0.1) is 5.02 Å². The standard InChI is InChI=1S/C16H22ClNO2/c1-3-14(20-15-7-5-4-6-13(15)17)16(19)18-10-8-12(2)9-11-18/h4-7,12,14H,3,8-11H2,1-2H3/t14-/m1/s1. The highest BCUT2D eigenvalue weighted by Crippen LogP contribution is 2.26. The van der Waals surface area contributed by atoms with Gasteiger partial charge in [-0.2, -0.15) is 0 Å². The molecule has 0 spiro atoms.